The molecule has 3 N–H and O–H groups in total. The van der Waals surface area contributed by atoms with Crippen LogP contribution >= 0.6 is 0 Å². The average Bonchev–Trinajstić information content (AvgIpc) is 2.51. The third-order valence-corrected chi connectivity index (χ3v) is 4.51. The van der Waals surface area contributed by atoms with Gasteiger partial charge in [-0.1, -0.05) is 30.3 Å². The number of likely N-dealkylation sites (N-methyl/N-ethyl adjacent to an activating group) is 2. The molecule has 1 aromatic rings. The van der Waals surface area contributed by atoms with Crippen LogP contribution in [0.3, 0.4) is 0 Å². The standard InChI is InChI=1S/C16H26N4O/c1-18-16(15(17)21,14-6-4-3-5-7-14)8-9-20-12-10-19(2)11-13-20/h3-7,18H,8-13H2,1-2H3,(H2,17,21). The van der Waals surface area contributed by atoms with Crippen LogP contribution in [0.5, 0.6) is 0 Å². The molecule has 0 aliphatic carbocycles. The van der Waals surface area contributed by atoms with E-state index in [0.29, 0.717) is 6.42 Å². The molecule has 1 fully saturated rings. The van der Waals surface area contributed by atoms with Crippen molar-refractivity contribution in [1.82, 2.24) is 15.1 Å². The number of hydrogen-bond donors (Lipinski definition) is 2. The number of piperazine rings is 1. The summed E-state index contributed by atoms with van der Waals surface area (Å²) >= 11 is 0. The second-order valence-electron chi connectivity index (χ2n) is 5.78. The zero-order valence-corrected chi connectivity index (χ0v) is 13.0. The predicted molar refractivity (Wildman–Crippen MR) is 84.9 cm³/mol. The summed E-state index contributed by atoms with van der Waals surface area (Å²) in [5.74, 6) is -0.315. The maximum Gasteiger partial charge on any atom is 0.242 e. The van der Waals surface area contributed by atoms with Gasteiger partial charge in [-0.05, 0) is 26.1 Å². The normalized spacial score (nSPS) is 20.1. The van der Waals surface area contributed by atoms with Crippen molar-refractivity contribution in [3.05, 3.63) is 35.9 Å². The van der Waals surface area contributed by atoms with E-state index in [1.54, 1.807) is 0 Å². The number of amides is 1. The molecule has 0 aromatic heterocycles. The number of nitrogens with one attached hydrogen (secondary N) is 1. The molecule has 0 saturated carbocycles. The highest BCUT2D eigenvalue weighted by atomic mass is 16.1. The third kappa shape index (κ3) is 3.61. The van der Waals surface area contributed by atoms with Crippen molar-refractivity contribution in [3.8, 4) is 0 Å². The molecule has 1 unspecified atom stereocenters. The molecule has 1 heterocycles. The number of carbonyl (C=O) groups excluding carboxylic acids is 1. The van der Waals surface area contributed by atoms with E-state index >= 15 is 0 Å². The zero-order valence-electron chi connectivity index (χ0n) is 13.0. The Morgan fingerprint density at radius 3 is 2.38 bits per heavy atom. The molecule has 1 amide bonds. The fraction of sp³-hybridized carbons (Fsp3) is 0.562. The minimum absolute atomic E-state index is 0.315. The Morgan fingerprint density at radius 2 is 1.86 bits per heavy atom. The van der Waals surface area contributed by atoms with Crippen molar-refractivity contribution < 1.29 is 4.79 Å². The van der Waals surface area contributed by atoms with Gasteiger partial charge in [0, 0.05) is 32.7 Å². The van der Waals surface area contributed by atoms with Gasteiger partial charge in [-0.3, -0.25) is 4.79 Å². The summed E-state index contributed by atoms with van der Waals surface area (Å²) in [7, 11) is 3.95. The highest BCUT2D eigenvalue weighted by Gasteiger charge is 2.37. The number of primary amides is 1. The summed E-state index contributed by atoms with van der Waals surface area (Å²) in [5, 5.41) is 3.17. The average molecular weight is 290 g/mol. The van der Waals surface area contributed by atoms with Crippen LogP contribution in [-0.4, -0.2) is 62.5 Å². The van der Waals surface area contributed by atoms with Crippen molar-refractivity contribution in [1.29, 1.82) is 0 Å². The molecule has 0 bridgehead atoms. The van der Waals surface area contributed by atoms with Gasteiger partial charge in [-0.2, -0.15) is 0 Å². The lowest BCUT2D eigenvalue weighted by Crippen LogP contribution is -2.54. The summed E-state index contributed by atoms with van der Waals surface area (Å²) in [6.45, 7) is 5.11. The van der Waals surface area contributed by atoms with Gasteiger partial charge in [0.25, 0.3) is 0 Å². The van der Waals surface area contributed by atoms with Gasteiger partial charge in [-0.25, -0.2) is 0 Å². The van der Waals surface area contributed by atoms with Gasteiger partial charge < -0.3 is 20.9 Å². The summed E-state index contributed by atoms with van der Waals surface area (Å²) in [6.07, 6.45) is 0.687. The molecule has 5 nitrogen and oxygen atoms in total. The van der Waals surface area contributed by atoms with Crippen molar-refractivity contribution in [2.45, 2.75) is 12.0 Å². The first-order valence-corrected chi connectivity index (χ1v) is 7.54. The van der Waals surface area contributed by atoms with Gasteiger partial charge >= 0.3 is 0 Å². The molecule has 2 rings (SSSR count). The van der Waals surface area contributed by atoms with Crippen LogP contribution in [0.1, 0.15) is 12.0 Å². The Kier molecular flexibility index (Phi) is 5.33. The molecule has 0 spiro atoms. The second-order valence-corrected chi connectivity index (χ2v) is 5.78. The number of hydrogen-bond acceptors (Lipinski definition) is 4. The highest BCUT2D eigenvalue weighted by molar-refractivity contribution is 5.86. The van der Waals surface area contributed by atoms with Crippen LogP contribution in [0.15, 0.2) is 30.3 Å². The van der Waals surface area contributed by atoms with Crippen molar-refractivity contribution >= 4 is 5.91 Å². The fourth-order valence-corrected chi connectivity index (χ4v) is 2.92. The van der Waals surface area contributed by atoms with E-state index in [1.165, 1.54) is 0 Å². The smallest absolute Gasteiger partial charge is 0.242 e. The Morgan fingerprint density at radius 1 is 1.24 bits per heavy atom. The van der Waals surface area contributed by atoms with E-state index in [9.17, 15) is 4.79 Å². The Labute approximate surface area is 127 Å². The number of carbonyl (C=O) groups is 1. The number of benzene rings is 1. The topological polar surface area (TPSA) is 61.6 Å². The van der Waals surface area contributed by atoms with Gasteiger partial charge in [0.15, 0.2) is 0 Å². The second kappa shape index (κ2) is 7.02. The first-order valence-electron chi connectivity index (χ1n) is 7.54. The van der Waals surface area contributed by atoms with Crippen molar-refractivity contribution in [3.63, 3.8) is 0 Å². The van der Waals surface area contributed by atoms with Crippen molar-refractivity contribution in [2.24, 2.45) is 5.73 Å². The molecule has 21 heavy (non-hydrogen) atoms. The molecule has 1 saturated heterocycles. The van der Waals surface area contributed by atoms with E-state index in [1.807, 2.05) is 37.4 Å². The molecule has 116 valence electrons. The fourth-order valence-electron chi connectivity index (χ4n) is 2.92. The lowest BCUT2D eigenvalue weighted by Gasteiger charge is -2.36. The number of nitrogens with zero attached hydrogens (tertiary/aromatic N) is 2. The third-order valence-electron chi connectivity index (χ3n) is 4.51. The zero-order chi connectivity index (χ0) is 15.3. The number of nitrogens with two attached hydrogens (primary N) is 1. The maximum atomic E-state index is 12.1. The van der Waals surface area contributed by atoms with E-state index in [-0.39, 0.29) is 5.91 Å². The molecule has 0 radical (unpaired) electrons. The molecular formula is C16H26N4O. The molecule has 1 atom stereocenters. The lowest BCUT2D eigenvalue weighted by molar-refractivity contribution is -0.125. The summed E-state index contributed by atoms with van der Waals surface area (Å²) < 4.78 is 0. The van der Waals surface area contributed by atoms with E-state index < -0.39 is 5.54 Å². The minimum Gasteiger partial charge on any atom is -0.368 e. The highest BCUT2D eigenvalue weighted by Crippen LogP contribution is 2.25. The van der Waals surface area contributed by atoms with Gasteiger partial charge in [0.05, 0.1) is 0 Å². The van der Waals surface area contributed by atoms with Crippen LogP contribution in [-0.2, 0) is 10.3 Å². The van der Waals surface area contributed by atoms with Gasteiger partial charge in [0.1, 0.15) is 5.54 Å². The maximum absolute atomic E-state index is 12.1. The Hall–Kier alpha value is -1.43. The summed E-state index contributed by atoms with van der Waals surface area (Å²) in [6, 6.07) is 9.77. The SMILES string of the molecule is CNC(CCN1CCN(C)CC1)(C(N)=O)c1ccccc1. The van der Waals surface area contributed by atoms with Crippen molar-refractivity contribution in [2.75, 3.05) is 46.8 Å². The van der Waals surface area contributed by atoms with Crippen LogP contribution in [0, 0.1) is 0 Å². The van der Waals surface area contributed by atoms with E-state index in [0.717, 1.165) is 38.3 Å². The van der Waals surface area contributed by atoms with Crippen LogP contribution in [0.25, 0.3) is 0 Å². The predicted octanol–water partition coefficient (Wildman–Crippen LogP) is 0.224. The van der Waals surface area contributed by atoms with Crippen LogP contribution < -0.4 is 11.1 Å². The Balaban J connectivity index is 2.09. The lowest BCUT2D eigenvalue weighted by atomic mass is 9.85. The molecule has 1 aliphatic rings. The Bertz CT molecular complexity index is 457. The van der Waals surface area contributed by atoms with Crippen LogP contribution in [0.2, 0.25) is 0 Å². The first kappa shape index (κ1) is 15.9. The minimum atomic E-state index is -0.787. The van der Waals surface area contributed by atoms with E-state index in [4.69, 9.17) is 5.73 Å². The quantitative estimate of drug-likeness (QED) is 0.787. The molecule has 1 aromatic carbocycles. The van der Waals surface area contributed by atoms with Gasteiger partial charge in [0.2, 0.25) is 5.91 Å². The molecule has 1 aliphatic heterocycles. The molecule has 5 heteroatoms. The van der Waals surface area contributed by atoms with Gasteiger partial charge in [-0.15, -0.1) is 0 Å². The monoisotopic (exact) mass is 290 g/mol. The molecular weight excluding hydrogens is 264 g/mol. The van der Waals surface area contributed by atoms with E-state index in [2.05, 4.69) is 22.2 Å². The van der Waals surface area contributed by atoms with Crippen LogP contribution in [0.4, 0.5) is 0 Å². The largest absolute Gasteiger partial charge is 0.368 e. The first-order chi connectivity index (χ1) is 10.1. The number of rotatable bonds is 6. The summed E-state index contributed by atoms with van der Waals surface area (Å²) in [4.78, 5) is 16.8. The summed E-state index contributed by atoms with van der Waals surface area (Å²) in [5.41, 5.74) is 5.88.